The molecule has 2 aromatic carbocycles. The predicted molar refractivity (Wildman–Crippen MR) is 79.2 cm³/mol. The van der Waals surface area contributed by atoms with Crippen molar-refractivity contribution < 1.29 is 4.92 Å². The molecule has 2 rings (SSSR count). The summed E-state index contributed by atoms with van der Waals surface area (Å²) in [5.41, 5.74) is 2.01. The van der Waals surface area contributed by atoms with Crippen molar-refractivity contribution >= 4 is 27.3 Å². The minimum atomic E-state index is -0.464. The molecule has 0 aliphatic heterocycles. The molecule has 0 amide bonds. The first-order valence-corrected chi connectivity index (χ1v) is 6.38. The van der Waals surface area contributed by atoms with Gasteiger partial charge in [-0.1, -0.05) is 46.3 Å². The van der Waals surface area contributed by atoms with Crippen molar-refractivity contribution in [2.75, 3.05) is 5.32 Å². The van der Waals surface area contributed by atoms with E-state index in [-0.39, 0.29) is 0 Å². The Labute approximate surface area is 119 Å². The smallest absolute Gasteiger partial charge is 0.258 e. The molecule has 0 radical (unpaired) electrons. The fraction of sp³-hybridized carbons (Fsp3) is 0. The molecule has 1 N–H and O–H groups in total. The summed E-state index contributed by atoms with van der Waals surface area (Å²) in [7, 11) is 0. The second-order valence-corrected chi connectivity index (χ2v) is 4.74. The van der Waals surface area contributed by atoms with Gasteiger partial charge in [-0.25, -0.2) is 0 Å². The second-order valence-electron chi connectivity index (χ2n) is 3.83. The zero-order valence-electron chi connectivity index (χ0n) is 9.92. The van der Waals surface area contributed by atoms with Crippen LogP contribution in [0.15, 0.2) is 65.3 Å². The molecule has 0 aromatic heterocycles. The van der Waals surface area contributed by atoms with E-state index in [1.165, 1.54) is 0 Å². The molecule has 0 saturated heterocycles. The van der Waals surface area contributed by atoms with Gasteiger partial charge in [0, 0.05) is 15.7 Å². The standard InChI is InChI=1S/C14H11BrN2O2/c15-12-6-8-13(9-7-12)16-14(10-17(18)19)11-4-2-1-3-5-11/h1-10,16H/b14-10+. The van der Waals surface area contributed by atoms with Crippen molar-refractivity contribution in [2.45, 2.75) is 0 Å². The Kier molecular flexibility index (Phi) is 4.30. The number of nitro groups is 1. The van der Waals surface area contributed by atoms with Crippen LogP contribution in [0, 0.1) is 10.1 Å². The first-order valence-electron chi connectivity index (χ1n) is 5.58. The van der Waals surface area contributed by atoms with Crippen LogP contribution in [-0.4, -0.2) is 4.92 Å². The van der Waals surface area contributed by atoms with Gasteiger partial charge in [-0.2, -0.15) is 0 Å². The van der Waals surface area contributed by atoms with Gasteiger partial charge in [0.1, 0.15) is 5.70 Å². The number of halogens is 1. The summed E-state index contributed by atoms with van der Waals surface area (Å²) >= 11 is 3.35. The van der Waals surface area contributed by atoms with Gasteiger partial charge in [-0.15, -0.1) is 0 Å². The number of nitrogens with zero attached hydrogens (tertiary/aromatic N) is 1. The van der Waals surface area contributed by atoms with Gasteiger partial charge in [0.2, 0.25) is 0 Å². The predicted octanol–water partition coefficient (Wildman–Crippen LogP) is 4.14. The van der Waals surface area contributed by atoms with Crippen LogP contribution >= 0.6 is 15.9 Å². The van der Waals surface area contributed by atoms with E-state index in [0.29, 0.717) is 5.70 Å². The number of nitrogens with one attached hydrogen (secondary N) is 1. The van der Waals surface area contributed by atoms with Crippen molar-refractivity contribution in [3.05, 3.63) is 80.9 Å². The molecule has 19 heavy (non-hydrogen) atoms. The van der Waals surface area contributed by atoms with E-state index in [1.807, 2.05) is 54.6 Å². The highest BCUT2D eigenvalue weighted by molar-refractivity contribution is 9.10. The molecule has 0 aliphatic rings. The number of hydrogen-bond donors (Lipinski definition) is 1. The molecule has 0 aliphatic carbocycles. The van der Waals surface area contributed by atoms with Gasteiger partial charge in [0.15, 0.2) is 0 Å². The van der Waals surface area contributed by atoms with E-state index in [2.05, 4.69) is 21.2 Å². The summed E-state index contributed by atoms with van der Waals surface area (Å²) in [6, 6.07) is 16.6. The normalized spacial score (nSPS) is 11.1. The molecule has 0 atom stereocenters. The van der Waals surface area contributed by atoms with Crippen LogP contribution in [0.1, 0.15) is 5.56 Å². The number of rotatable bonds is 4. The van der Waals surface area contributed by atoms with Crippen molar-refractivity contribution in [1.29, 1.82) is 0 Å². The number of hydrogen-bond acceptors (Lipinski definition) is 3. The minimum Gasteiger partial charge on any atom is -0.350 e. The second kappa shape index (κ2) is 6.15. The fourth-order valence-electron chi connectivity index (χ4n) is 1.59. The summed E-state index contributed by atoms with van der Waals surface area (Å²) < 4.78 is 0.956. The molecule has 0 bridgehead atoms. The molecule has 4 nitrogen and oxygen atoms in total. The number of anilines is 1. The van der Waals surface area contributed by atoms with E-state index in [0.717, 1.165) is 21.9 Å². The summed E-state index contributed by atoms with van der Waals surface area (Å²) in [4.78, 5) is 10.2. The Morgan fingerprint density at radius 1 is 1.11 bits per heavy atom. The molecule has 96 valence electrons. The Morgan fingerprint density at radius 3 is 2.32 bits per heavy atom. The lowest BCUT2D eigenvalue weighted by atomic mass is 10.1. The van der Waals surface area contributed by atoms with Crippen LogP contribution in [0.2, 0.25) is 0 Å². The van der Waals surface area contributed by atoms with E-state index < -0.39 is 4.92 Å². The first kappa shape index (κ1) is 13.3. The lowest BCUT2D eigenvalue weighted by Crippen LogP contribution is -2.01. The van der Waals surface area contributed by atoms with E-state index in [9.17, 15) is 10.1 Å². The highest BCUT2D eigenvalue weighted by Gasteiger charge is 2.06. The first-order chi connectivity index (χ1) is 9.15. The average molecular weight is 319 g/mol. The third kappa shape index (κ3) is 3.93. The average Bonchev–Trinajstić information content (AvgIpc) is 2.41. The summed E-state index contributed by atoms with van der Waals surface area (Å²) in [5.74, 6) is 0. The third-order valence-corrected chi connectivity index (χ3v) is 2.97. The van der Waals surface area contributed by atoms with Crippen LogP contribution < -0.4 is 5.32 Å². The Morgan fingerprint density at radius 2 is 1.74 bits per heavy atom. The van der Waals surface area contributed by atoms with Gasteiger partial charge in [-0.05, 0) is 24.3 Å². The maximum atomic E-state index is 10.7. The topological polar surface area (TPSA) is 55.2 Å². The maximum absolute atomic E-state index is 10.7. The minimum absolute atomic E-state index is 0.452. The van der Waals surface area contributed by atoms with Gasteiger partial charge in [0.25, 0.3) is 6.20 Å². The summed E-state index contributed by atoms with van der Waals surface area (Å²) in [5, 5.41) is 13.8. The molecule has 2 aromatic rings. The monoisotopic (exact) mass is 318 g/mol. The van der Waals surface area contributed by atoms with Crippen molar-refractivity contribution in [2.24, 2.45) is 0 Å². The van der Waals surface area contributed by atoms with E-state index >= 15 is 0 Å². The van der Waals surface area contributed by atoms with Crippen molar-refractivity contribution in [3.8, 4) is 0 Å². The van der Waals surface area contributed by atoms with Crippen LogP contribution in [0.25, 0.3) is 5.70 Å². The Balaban J connectivity index is 2.30. The quantitative estimate of drug-likeness (QED) is 0.681. The highest BCUT2D eigenvalue weighted by atomic mass is 79.9. The molecule has 0 spiro atoms. The van der Waals surface area contributed by atoms with Crippen molar-refractivity contribution in [1.82, 2.24) is 0 Å². The lowest BCUT2D eigenvalue weighted by Gasteiger charge is -2.09. The molecule has 0 saturated carbocycles. The van der Waals surface area contributed by atoms with E-state index in [4.69, 9.17) is 0 Å². The van der Waals surface area contributed by atoms with Gasteiger partial charge in [-0.3, -0.25) is 10.1 Å². The molecule has 0 heterocycles. The molecular weight excluding hydrogens is 308 g/mol. The highest BCUT2D eigenvalue weighted by Crippen LogP contribution is 2.20. The van der Waals surface area contributed by atoms with E-state index in [1.54, 1.807) is 0 Å². The summed E-state index contributed by atoms with van der Waals surface area (Å²) in [6.45, 7) is 0. The van der Waals surface area contributed by atoms with Gasteiger partial charge in [0.05, 0.1) is 4.92 Å². The largest absolute Gasteiger partial charge is 0.350 e. The van der Waals surface area contributed by atoms with Gasteiger partial charge >= 0.3 is 0 Å². The number of benzene rings is 2. The molecule has 0 unspecified atom stereocenters. The van der Waals surface area contributed by atoms with Crippen LogP contribution in [0.5, 0.6) is 0 Å². The zero-order chi connectivity index (χ0) is 13.7. The van der Waals surface area contributed by atoms with Crippen LogP contribution in [0.3, 0.4) is 0 Å². The zero-order valence-corrected chi connectivity index (χ0v) is 11.5. The molecule has 5 heteroatoms. The lowest BCUT2D eigenvalue weighted by molar-refractivity contribution is -0.401. The SMILES string of the molecule is O=[N+]([O-])/C=C(/Nc1ccc(Br)cc1)c1ccccc1. The third-order valence-electron chi connectivity index (χ3n) is 2.44. The van der Waals surface area contributed by atoms with Crippen LogP contribution in [-0.2, 0) is 0 Å². The van der Waals surface area contributed by atoms with Gasteiger partial charge < -0.3 is 5.32 Å². The summed E-state index contributed by atoms with van der Waals surface area (Å²) in [6.07, 6.45) is 0.970. The molecule has 0 fully saturated rings. The van der Waals surface area contributed by atoms with Crippen molar-refractivity contribution in [3.63, 3.8) is 0 Å². The Bertz CT molecular complexity index is 595. The maximum Gasteiger partial charge on any atom is 0.258 e. The van der Waals surface area contributed by atoms with Crippen LogP contribution in [0.4, 0.5) is 5.69 Å². The fourth-order valence-corrected chi connectivity index (χ4v) is 1.86. The molecular formula is C14H11BrN2O2. The Hall–Kier alpha value is -2.14.